The van der Waals surface area contributed by atoms with Crippen LogP contribution in [0.4, 0.5) is 0 Å². The van der Waals surface area contributed by atoms with Crippen molar-refractivity contribution < 1.29 is 23.5 Å². The second-order valence-corrected chi connectivity index (χ2v) is 15.2. The molecule has 34 heavy (non-hydrogen) atoms. The van der Waals surface area contributed by atoms with Gasteiger partial charge >= 0.3 is 5.97 Å². The molecule has 7 heteroatoms. The van der Waals surface area contributed by atoms with Gasteiger partial charge in [0, 0.05) is 6.54 Å². The second-order valence-electron chi connectivity index (χ2n) is 9.83. The molecule has 1 unspecified atom stereocenters. The van der Waals surface area contributed by atoms with Gasteiger partial charge in [-0.2, -0.15) is 0 Å². The van der Waals surface area contributed by atoms with E-state index < -0.39 is 32.0 Å². The first-order valence-electron chi connectivity index (χ1n) is 11.9. The summed E-state index contributed by atoms with van der Waals surface area (Å²) in [5, 5.41) is 0. The van der Waals surface area contributed by atoms with Gasteiger partial charge in [-0.25, -0.2) is 0 Å². The number of amides is 2. The Kier molecular flexibility index (Phi) is 7.66. The van der Waals surface area contributed by atoms with Crippen LogP contribution in [0.15, 0.2) is 48.5 Å². The maximum absolute atomic E-state index is 12.8. The van der Waals surface area contributed by atoms with Gasteiger partial charge in [-0.3, -0.25) is 19.3 Å². The fourth-order valence-electron chi connectivity index (χ4n) is 5.37. The lowest BCUT2D eigenvalue weighted by atomic mass is 9.98. The van der Waals surface area contributed by atoms with E-state index in [0.29, 0.717) is 33.3 Å². The molecular formula is C27H35NO5Si. The monoisotopic (exact) mass is 481 g/mol. The van der Waals surface area contributed by atoms with Gasteiger partial charge in [-0.15, -0.1) is 0 Å². The lowest BCUT2D eigenvalue weighted by molar-refractivity contribution is -0.142. The standard InChI is InChI=1S/C27H35NO5Si/c1-17(2)34(18(3)4,19(5)6)33-21-14-12-20(13-15-21)24(27(31)32-7)16-28-25(29)22-10-8-9-11-23(22)26(28)30/h8-15,17-19,24H,16H2,1-7H3. The molecule has 0 bridgehead atoms. The summed E-state index contributed by atoms with van der Waals surface area (Å²) in [6, 6.07) is 14.1. The van der Waals surface area contributed by atoms with Crippen LogP contribution in [0, 0.1) is 0 Å². The SMILES string of the molecule is COC(=O)C(CN1C(=O)c2ccccc2C1=O)c1ccc(O[Si](C(C)C)(C(C)C)C(C)C)cc1. The minimum Gasteiger partial charge on any atom is -0.543 e. The quantitative estimate of drug-likeness (QED) is 0.257. The van der Waals surface area contributed by atoms with Gasteiger partial charge in [0.1, 0.15) is 5.75 Å². The Morgan fingerprint density at radius 2 is 1.29 bits per heavy atom. The number of methoxy groups -OCH3 is 1. The number of hydrogen-bond acceptors (Lipinski definition) is 5. The number of carbonyl (C=O) groups is 3. The fourth-order valence-corrected chi connectivity index (χ4v) is 10.6. The average molecular weight is 482 g/mol. The summed E-state index contributed by atoms with van der Waals surface area (Å²) in [5.74, 6) is -1.30. The van der Waals surface area contributed by atoms with E-state index in [9.17, 15) is 14.4 Å². The van der Waals surface area contributed by atoms with Gasteiger partial charge in [-0.1, -0.05) is 65.8 Å². The molecule has 1 heterocycles. The number of nitrogens with zero attached hydrogens (tertiary/aromatic N) is 1. The van der Waals surface area contributed by atoms with Gasteiger partial charge in [0.2, 0.25) is 0 Å². The van der Waals surface area contributed by atoms with Crippen LogP contribution in [0.1, 0.15) is 73.7 Å². The molecular weight excluding hydrogens is 446 g/mol. The zero-order valence-electron chi connectivity index (χ0n) is 21.1. The summed E-state index contributed by atoms with van der Waals surface area (Å²) in [7, 11) is -0.806. The molecule has 0 spiro atoms. The highest BCUT2D eigenvalue weighted by Crippen LogP contribution is 2.43. The van der Waals surface area contributed by atoms with Crippen LogP contribution in [0.3, 0.4) is 0 Å². The zero-order valence-corrected chi connectivity index (χ0v) is 22.1. The van der Waals surface area contributed by atoms with E-state index in [4.69, 9.17) is 9.16 Å². The van der Waals surface area contributed by atoms with Crippen LogP contribution in [0.5, 0.6) is 5.75 Å². The summed E-state index contributed by atoms with van der Waals surface area (Å²) < 4.78 is 11.7. The molecule has 1 aliphatic rings. The molecule has 2 amide bonds. The molecule has 0 fully saturated rings. The lowest BCUT2D eigenvalue weighted by Gasteiger charge is -2.42. The Morgan fingerprint density at radius 3 is 1.71 bits per heavy atom. The number of carbonyl (C=O) groups excluding carboxylic acids is 3. The molecule has 0 saturated carbocycles. The molecule has 0 aliphatic carbocycles. The maximum Gasteiger partial charge on any atom is 0.314 e. The van der Waals surface area contributed by atoms with Gasteiger partial charge in [0.05, 0.1) is 24.2 Å². The summed E-state index contributed by atoms with van der Waals surface area (Å²) in [4.78, 5) is 39.5. The zero-order chi connectivity index (χ0) is 25.2. The molecule has 182 valence electrons. The van der Waals surface area contributed by atoms with Crippen molar-refractivity contribution in [2.24, 2.45) is 0 Å². The maximum atomic E-state index is 12.8. The van der Waals surface area contributed by atoms with Crippen molar-refractivity contribution in [3.63, 3.8) is 0 Å². The third-order valence-electron chi connectivity index (χ3n) is 7.01. The largest absolute Gasteiger partial charge is 0.543 e. The van der Waals surface area contributed by atoms with Gasteiger partial charge in [0.15, 0.2) is 0 Å². The average Bonchev–Trinajstić information content (AvgIpc) is 3.05. The smallest absolute Gasteiger partial charge is 0.314 e. The van der Waals surface area contributed by atoms with Crippen molar-refractivity contribution in [3.05, 3.63) is 65.2 Å². The summed E-state index contributed by atoms with van der Waals surface area (Å²) in [5.41, 5.74) is 2.69. The summed E-state index contributed by atoms with van der Waals surface area (Å²) >= 11 is 0. The summed E-state index contributed by atoms with van der Waals surface area (Å²) in [6.45, 7) is 13.3. The highest BCUT2D eigenvalue weighted by atomic mass is 28.4. The minimum absolute atomic E-state index is 0.0815. The first-order chi connectivity index (χ1) is 16.0. The van der Waals surface area contributed by atoms with Crippen LogP contribution in [-0.4, -0.2) is 44.7 Å². The van der Waals surface area contributed by atoms with Crippen molar-refractivity contribution in [1.82, 2.24) is 4.90 Å². The Bertz CT molecular complexity index is 1000. The van der Waals surface area contributed by atoms with E-state index in [-0.39, 0.29) is 6.54 Å². The van der Waals surface area contributed by atoms with Crippen molar-refractivity contribution >= 4 is 26.1 Å². The number of fused-ring (bicyclic) bond motifs is 1. The van der Waals surface area contributed by atoms with Crippen LogP contribution < -0.4 is 4.43 Å². The lowest BCUT2D eigenvalue weighted by Crippen LogP contribution is -2.50. The molecule has 2 aromatic rings. The van der Waals surface area contributed by atoms with Crippen LogP contribution in [-0.2, 0) is 9.53 Å². The molecule has 0 N–H and O–H groups in total. The number of esters is 1. The Hall–Kier alpha value is -2.93. The highest BCUT2D eigenvalue weighted by Gasteiger charge is 2.47. The van der Waals surface area contributed by atoms with Crippen LogP contribution >= 0.6 is 0 Å². The minimum atomic E-state index is -2.11. The molecule has 3 rings (SSSR count). The molecule has 1 atom stereocenters. The number of imide groups is 1. The van der Waals surface area contributed by atoms with Gasteiger partial charge in [0.25, 0.3) is 20.1 Å². The molecule has 0 saturated heterocycles. The van der Waals surface area contributed by atoms with E-state index in [2.05, 4.69) is 41.5 Å². The molecule has 0 radical (unpaired) electrons. The predicted molar refractivity (Wildman–Crippen MR) is 135 cm³/mol. The third-order valence-corrected chi connectivity index (χ3v) is 13.0. The van der Waals surface area contributed by atoms with E-state index in [1.54, 1.807) is 24.3 Å². The van der Waals surface area contributed by atoms with E-state index in [1.165, 1.54) is 7.11 Å². The number of benzene rings is 2. The molecule has 0 aromatic heterocycles. The topological polar surface area (TPSA) is 72.9 Å². The number of ether oxygens (including phenoxy) is 1. The van der Waals surface area contributed by atoms with Gasteiger partial charge < -0.3 is 9.16 Å². The Labute approximate surface area is 203 Å². The fraction of sp³-hybridized carbons (Fsp3) is 0.444. The van der Waals surface area contributed by atoms with E-state index >= 15 is 0 Å². The Morgan fingerprint density at radius 1 is 0.824 bits per heavy atom. The number of rotatable bonds is 9. The van der Waals surface area contributed by atoms with Crippen molar-refractivity contribution in [2.45, 2.75) is 64.1 Å². The first kappa shape index (κ1) is 25.7. The summed E-state index contributed by atoms with van der Waals surface area (Å²) in [6.07, 6.45) is 0. The van der Waals surface area contributed by atoms with Crippen molar-refractivity contribution in [1.29, 1.82) is 0 Å². The first-order valence-corrected chi connectivity index (χ1v) is 14.0. The van der Waals surface area contributed by atoms with Crippen molar-refractivity contribution in [3.8, 4) is 5.75 Å². The van der Waals surface area contributed by atoms with Crippen LogP contribution in [0.2, 0.25) is 16.6 Å². The van der Waals surface area contributed by atoms with E-state index in [0.717, 1.165) is 10.6 Å². The third kappa shape index (κ3) is 4.53. The van der Waals surface area contributed by atoms with Crippen molar-refractivity contribution in [2.75, 3.05) is 13.7 Å². The normalized spacial score (nSPS) is 14.7. The number of hydrogen-bond donors (Lipinski definition) is 0. The molecule has 6 nitrogen and oxygen atoms in total. The van der Waals surface area contributed by atoms with E-state index in [1.807, 2.05) is 24.3 Å². The van der Waals surface area contributed by atoms with Crippen LogP contribution in [0.25, 0.3) is 0 Å². The highest BCUT2D eigenvalue weighted by molar-refractivity contribution is 6.78. The second kappa shape index (κ2) is 10.1. The molecule has 2 aromatic carbocycles. The molecule has 1 aliphatic heterocycles. The van der Waals surface area contributed by atoms with Gasteiger partial charge in [-0.05, 0) is 46.5 Å². The Balaban J connectivity index is 1.87. The predicted octanol–water partition coefficient (Wildman–Crippen LogP) is 5.79.